The molecule has 42 heavy (non-hydrogen) atoms. The minimum Gasteiger partial charge on any atom is -0.479 e. The molecule has 1 fully saturated rings. The molecule has 0 bridgehead atoms. The van der Waals surface area contributed by atoms with Gasteiger partial charge in [-0.25, -0.2) is 14.2 Å². The monoisotopic (exact) mass is 631 g/mol. The molecule has 1 saturated heterocycles. The van der Waals surface area contributed by atoms with Crippen molar-refractivity contribution in [1.82, 2.24) is 9.80 Å². The van der Waals surface area contributed by atoms with E-state index in [1.54, 1.807) is 23.1 Å². The molecule has 2 aromatic rings. The number of amides is 1. The van der Waals surface area contributed by atoms with Gasteiger partial charge in [-0.1, -0.05) is 76.0 Å². The number of carbonyl (C=O) groups is 2. The number of benzene rings is 2. The Morgan fingerprint density at radius 2 is 1.79 bits per heavy atom. The molecule has 2 aromatic carbocycles. The quantitative estimate of drug-likeness (QED) is 0.360. The van der Waals surface area contributed by atoms with E-state index in [4.69, 9.17) is 28.2 Å². The van der Waals surface area contributed by atoms with Crippen LogP contribution in [0.4, 0.5) is 4.39 Å². The Hall–Kier alpha value is -2.55. The Balaban J connectivity index is 1.69. The van der Waals surface area contributed by atoms with Gasteiger partial charge < -0.3 is 14.9 Å². The van der Waals surface area contributed by atoms with Crippen LogP contribution in [0.5, 0.6) is 0 Å². The lowest BCUT2D eigenvalue weighted by Crippen LogP contribution is -2.62. The normalized spacial score (nSPS) is 27.6. The summed E-state index contributed by atoms with van der Waals surface area (Å²) in [5.74, 6) is -1.97. The van der Waals surface area contributed by atoms with Gasteiger partial charge >= 0.3 is 5.97 Å². The van der Waals surface area contributed by atoms with Gasteiger partial charge in [-0.15, -0.1) is 0 Å². The lowest BCUT2D eigenvalue weighted by atomic mass is 9.71. The van der Waals surface area contributed by atoms with Gasteiger partial charge in [-0.3, -0.25) is 4.79 Å². The Bertz CT molecular complexity index is 1520. The van der Waals surface area contributed by atoms with Crippen molar-refractivity contribution in [2.24, 2.45) is 16.3 Å². The minimum absolute atomic E-state index is 0.0209. The summed E-state index contributed by atoms with van der Waals surface area (Å²) in [4.78, 5) is 36.8. The van der Waals surface area contributed by atoms with Crippen molar-refractivity contribution in [3.05, 3.63) is 80.1 Å². The van der Waals surface area contributed by atoms with E-state index < -0.39 is 34.3 Å². The molecule has 1 amide bonds. The predicted molar refractivity (Wildman–Crippen MR) is 167 cm³/mol. The highest BCUT2D eigenvalue weighted by Crippen LogP contribution is 2.57. The molecular weight excluding hydrogens is 596 g/mol. The number of likely N-dealkylation sites (tertiary alicyclic amines) is 1. The summed E-state index contributed by atoms with van der Waals surface area (Å²) in [7, 11) is 0. The highest BCUT2D eigenvalue weighted by Gasteiger charge is 2.61. The van der Waals surface area contributed by atoms with Crippen LogP contribution in [-0.4, -0.2) is 43.5 Å². The van der Waals surface area contributed by atoms with E-state index in [0.717, 1.165) is 11.3 Å². The van der Waals surface area contributed by atoms with E-state index in [0.29, 0.717) is 33.5 Å². The first-order valence-corrected chi connectivity index (χ1v) is 15.7. The zero-order valence-corrected chi connectivity index (χ0v) is 27.2. The lowest BCUT2D eigenvalue weighted by molar-refractivity contribution is -0.164. The standard InChI is InChI=1S/C32H36Cl2FN3O3S/c1-17(2)24-25(27(39)38-18(3)14-15-32(38,28(40)41)30(4,5)6)42-29-36-31(7,20-9-11-21(33)12-10-20)26(37(24)29)19-8-13-22(34)23(35)16-19/h8-13,16-18,26H,14-15H2,1-7H3,(H,40,41)/t18-,26-,31+,32+/m1/s1. The van der Waals surface area contributed by atoms with Crippen LogP contribution in [0.3, 0.4) is 0 Å². The van der Waals surface area contributed by atoms with E-state index in [1.807, 2.05) is 65.5 Å². The maximum Gasteiger partial charge on any atom is 0.330 e. The van der Waals surface area contributed by atoms with Crippen LogP contribution < -0.4 is 0 Å². The molecule has 224 valence electrons. The zero-order valence-electron chi connectivity index (χ0n) is 24.8. The summed E-state index contributed by atoms with van der Waals surface area (Å²) < 4.78 is 14.9. The molecule has 4 atom stereocenters. The second-order valence-electron chi connectivity index (χ2n) is 12.9. The SMILES string of the molecule is CC(C)C1=C(C(=O)N2[C@H](C)CC[C@]2(C(=O)O)C(C)(C)C)SC2=N[C@@](C)(c3ccc(Cl)cc3)[C@@H](c3ccc(Cl)c(F)c3)N21. The number of hydrogen-bond donors (Lipinski definition) is 1. The predicted octanol–water partition coefficient (Wildman–Crippen LogP) is 8.26. The van der Waals surface area contributed by atoms with E-state index >= 15 is 0 Å². The van der Waals surface area contributed by atoms with Crippen molar-refractivity contribution < 1.29 is 19.1 Å². The molecule has 3 aliphatic rings. The van der Waals surface area contributed by atoms with E-state index in [1.165, 1.54) is 23.9 Å². The van der Waals surface area contributed by atoms with Crippen LogP contribution in [0.25, 0.3) is 0 Å². The molecule has 10 heteroatoms. The fourth-order valence-corrected chi connectivity index (χ4v) is 8.48. The first kappa shape index (κ1) is 30.9. The number of thioether (sulfide) groups is 1. The van der Waals surface area contributed by atoms with Gasteiger partial charge in [0.1, 0.15) is 21.8 Å². The molecule has 0 aliphatic carbocycles. The number of allylic oxidation sites excluding steroid dienone is 1. The fraction of sp³-hybridized carbons (Fsp3) is 0.469. The molecule has 5 rings (SSSR count). The molecule has 0 unspecified atom stereocenters. The van der Waals surface area contributed by atoms with Crippen LogP contribution in [0, 0.1) is 17.2 Å². The second-order valence-corrected chi connectivity index (χ2v) is 14.8. The highest BCUT2D eigenvalue weighted by molar-refractivity contribution is 8.18. The Kier molecular flexibility index (Phi) is 7.77. The molecule has 0 saturated carbocycles. The smallest absolute Gasteiger partial charge is 0.330 e. The summed E-state index contributed by atoms with van der Waals surface area (Å²) >= 11 is 13.6. The lowest BCUT2D eigenvalue weighted by Gasteiger charge is -2.46. The van der Waals surface area contributed by atoms with Crippen molar-refractivity contribution in [1.29, 1.82) is 0 Å². The number of aliphatic imine (C=N–C) groups is 1. The molecule has 6 nitrogen and oxygen atoms in total. The number of carboxylic acids is 1. The highest BCUT2D eigenvalue weighted by atomic mass is 35.5. The molecule has 0 aromatic heterocycles. The number of amidine groups is 1. The average molecular weight is 633 g/mol. The number of aliphatic carboxylic acids is 1. The van der Waals surface area contributed by atoms with Gasteiger partial charge in [-0.2, -0.15) is 0 Å². The first-order valence-electron chi connectivity index (χ1n) is 14.1. The van der Waals surface area contributed by atoms with E-state index in [-0.39, 0.29) is 22.9 Å². The molecule has 1 N–H and O–H groups in total. The van der Waals surface area contributed by atoms with Gasteiger partial charge in [0.15, 0.2) is 5.17 Å². The summed E-state index contributed by atoms with van der Waals surface area (Å²) in [6, 6.07) is 11.4. The average Bonchev–Trinajstić information content (AvgIpc) is 3.53. The van der Waals surface area contributed by atoms with Gasteiger partial charge in [0, 0.05) is 16.8 Å². The molecule has 0 spiro atoms. The number of carbonyl (C=O) groups excluding carboxylic acids is 1. The van der Waals surface area contributed by atoms with Crippen LogP contribution in [0.1, 0.15) is 78.5 Å². The summed E-state index contributed by atoms with van der Waals surface area (Å²) in [5.41, 5.74) is -0.621. The van der Waals surface area contributed by atoms with Crippen molar-refractivity contribution in [3.63, 3.8) is 0 Å². The molecule has 3 aliphatic heterocycles. The van der Waals surface area contributed by atoms with Gasteiger partial charge in [0.05, 0.1) is 11.1 Å². The summed E-state index contributed by atoms with van der Waals surface area (Å²) in [5, 5.41) is 11.8. The Morgan fingerprint density at radius 3 is 2.33 bits per heavy atom. The van der Waals surface area contributed by atoms with Crippen LogP contribution in [-0.2, 0) is 15.1 Å². The number of fused-ring (bicyclic) bond motifs is 1. The van der Waals surface area contributed by atoms with Crippen molar-refractivity contribution in [3.8, 4) is 0 Å². The maximum atomic E-state index is 14.9. The zero-order chi connectivity index (χ0) is 30.9. The Morgan fingerprint density at radius 1 is 1.14 bits per heavy atom. The third-order valence-electron chi connectivity index (χ3n) is 9.03. The van der Waals surface area contributed by atoms with Gasteiger partial charge in [-0.05, 0) is 85.2 Å². The maximum absolute atomic E-state index is 14.9. The molecule has 3 heterocycles. The second kappa shape index (κ2) is 10.6. The van der Waals surface area contributed by atoms with Crippen LogP contribution in [0.15, 0.2) is 58.1 Å². The van der Waals surface area contributed by atoms with Crippen molar-refractivity contribution >= 4 is 52.0 Å². The molecular formula is C32H36Cl2FN3O3S. The first-order chi connectivity index (χ1) is 19.5. The summed E-state index contributed by atoms with van der Waals surface area (Å²) in [6.45, 7) is 13.6. The number of rotatable bonds is 5. The van der Waals surface area contributed by atoms with Gasteiger partial charge in [0.25, 0.3) is 5.91 Å². The van der Waals surface area contributed by atoms with Crippen LogP contribution in [0.2, 0.25) is 10.0 Å². The van der Waals surface area contributed by atoms with E-state index in [2.05, 4.69) is 0 Å². The third kappa shape index (κ3) is 4.56. The van der Waals surface area contributed by atoms with Crippen molar-refractivity contribution in [2.75, 3.05) is 0 Å². The number of hydrogen-bond acceptors (Lipinski definition) is 5. The third-order valence-corrected chi connectivity index (χ3v) is 10.6. The fourth-order valence-electron chi connectivity index (χ4n) is 6.90. The Labute approximate surface area is 261 Å². The largest absolute Gasteiger partial charge is 0.479 e. The van der Waals surface area contributed by atoms with Crippen LogP contribution >= 0.6 is 35.0 Å². The number of nitrogens with zero attached hydrogens (tertiary/aromatic N) is 3. The van der Waals surface area contributed by atoms with Crippen molar-refractivity contribution in [2.45, 2.75) is 84.5 Å². The topological polar surface area (TPSA) is 73.2 Å². The molecule has 0 radical (unpaired) electrons. The number of halogens is 3. The summed E-state index contributed by atoms with van der Waals surface area (Å²) in [6.07, 6.45) is 0.968. The van der Waals surface area contributed by atoms with E-state index in [9.17, 15) is 19.1 Å². The van der Waals surface area contributed by atoms with Gasteiger partial charge in [0.2, 0.25) is 0 Å². The number of carboxylic acid groups (broad SMARTS) is 1. The minimum atomic E-state index is -1.36.